The highest BCUT2D eigenvalue weighted by Crippen LogP contribution is 2.27. The summed E-state index contributed by atoms with van der Waals surface area (Å²) in [7, 11) is 3.82. The van der Waals surface area contributed by atoms with Crippen LogP contribution in [0.2, 0.25) is 5.02 Å². The first-order valence-electron chi connectivity index (χ1n) is 6.56. The molecule has 0 saturated carbocycles. The zero-order valence-corrected chi connectivity index (χ0v) is 13.3. The number of hydrogen-bond donors (Lipinski definition) is 3. The second kappa shape index (κ2) is 7.08. The molecule has 1 aromatic rings. The van der Waals surface area contributed by atoms with Crippen molar-refractivity contribution in [1.82, 2.24) is 10.4 Å². The van der Waals surface area contributed by atoms with E-state index in [2.05, 4.69) is 22.8 Å². The zero-order valence-electron chi connectivity index (χ0n) is 11.7. The molecule has 5 nitrogen and oxygen atoms in total. The lowest BCUT2D eigenvalue weighted by Crippen LogP contribution is -3.12. The molecule has 110 valence electrons. The number of anilines is 1. The number of benzene rings is 1. The van der Waals surface area contributed by atoms with Gasteiger partial charge in [0.25, 0.3) is 0 Å². The number of piperazine rings is 1. The molecule has 0 amide bonds. The smallest absolute Gasteiger partial charge is 0.185 e. The Kier molecular flexibility index (Phi) is 5.42. The van der Waals surface area contributed by atoms with Gasteiger partial charge in [0.1, 0.15) is 5.75 Å². The average molecular weight is 316 g/mol. The molecule has 1 saturated heterocycles. The maximum absolute atomic E-state index is 5.99. The van der Waals surface area contributed by atoms with Crippen molar-refractivity contribution < 1.29 is 9.64 Å². The van der Waals surface area contributed by atoms with Crippen LogP contribution in [0.15, 0.2) is 18.2 Å². The third-order valence-corrected chi connectivity index (χ3v) is 3.71. The minimum absolute atomic E-state index is 0.546. The van der Waals surface area contributed by atoms with Gasteiger partial charge in [-0.3, -0.25) is 5.43 Å². The van der Waals surface area contributed by atoms with Gasteiger partial charge < -0.3 is 15.0 Å². The Labute approximate surface area is 129 Å². The van der Waals surface area contributed by atoms with Crippen molar-refractivity contribution >= 4 is 34.6 Å². The molecule has 1 fully saturated rings. The molecule has 0 spiro atoms. The van der Waals surface area contributed by atoms with Crippen LogP contribution in [0.5, 0.6) is 5.75 Å². The summed E-state index contributed by atoms with van der Waals surface area (Å²) in [5.41, 5.74) is 3.96. The number of methoxy groups -OCH3 is 1. The molecule has 0 unspecified atom stereocenters. The van der Waals surface area contributed by atoms with Gasteiger partial charge in [-0.05, 0) is 30.4 Å². The molecular formula is C13H20ClN4OS+. The van der Waals surface area contributed by atoms with E-state index in [1.807, 2.05) is 6.07 Å². The summed E-state index contributed by atoms with van der Waals surface area (Å²) in [4.78, 5) is 1.54. The number of rotatable bonds is 3. The fourth-order valence-corrected chi connectivity index (χ4v) is 2.48. The van der Waals surface area contributed by atoms with Crippen LogP contribution in [0, 0.1) is 0 Å². The van der Waals surface area contributed by atoms with Gasteiger partial charge in [-0.1, -0.05) is 11.6 Å². The van der Waals surface area contributed by atoms with Crippen LogP contribution in [-0.4, -0.2) is 50.5 Å². The first-order valence-corrected chi connectivity index (χ1v) is 7.34. The average Bonchev–Trinajstić information content (AvgIpc) is 2.41. The Balaban J connectivity index is 1.92. The maximum Gasteiger partial charge on any atom is 0.185 e. The van der Waals surface area contributed by atoms with E-state index in [4.69, 9.17) is 28.6 Å². The van der Waals surface area contributed by atoms with Crippen molar-refractivity contribution in [2.45, 2.75) is 0 Å². The van der Waals surface area contributed by atoms with Gasteiger partial charge in [0.05, 0.1) is 46.0 Å². The van der Waals surface area contributed by atoms with E-state index in [1.54, 1.807) is 24.1 Å². The summed E-state index contributed by atoms with van der Waals surface area (Å²) >= 11 is 11.3. The van der Waals surface area contributed by atoms with E-state index >= 15 is 0 Å². The summed E-state index contributed by atoms with van der Waals surface area (Å²) in [6.07, 6.45) is 0. The zero-order chi connectivity index (χ0) is 14.5. The van der Waals surface area contributed by atoms with E-state index in [9.17, 15) is 0 Å². The molecule has 0 bridgehead atoms. The summed E-state index contributed by atoms with van der Waals surface area (Å²) in [5, 5.41) is 6.43. The van der Waals surface area contributed by atoms with Gasteiger partial charge in [-0.2, -0.15) is 0 Å². The van der Waals surface area contributed by atoms with Crippen molar-refractivity contribution in [1.29, 1.82) is 0 Å². The predicted molar refractivity (Wildman–Crippen MR) is 85.6 cm³/mol. The van der Waals surface area contributed by atoms with Crippen LogP contribution in [0.4, 0.5) is 5.69 Å². The highest BCUT2D eigenvalue weighted by Gasteiger charge is 2.17. The number of thiocarbonyl (C=S) groups is 1. The first kappa shape index (κ1) is 15.3. The Morgan fingerprint density at radius 3 is 2.75 bits per heavy atom. The fourth-order valence-electron chi connectivity index (χ4n) is 2.07. The van der Waals surface area contributed by atoms with Crippen LogP contribution in [0.25, 0.3) is 0 Å². The molecule has 0 aliphatic carbocycles. The molecule has 2 rings (SSSR count). The van der Waals surface area contributed by atoms with Crippen LogP contribution in [0.3, 0.4) is 0 Å². The Morgan fingerprint density at radius 1 is 1.40 bits per heavy atom. The number of ether oxygens (including phenoxy) is 1. The number of hydrogen-bond acceptors (Lipinski definition) is 3. The highest BCUT2D eigenvalue weighted by molar-refractivity contribution is 7.80. The van der Waals surface area contributed by atoms with Gasteiger partial charge in [-0.25, -0.2) is 5.01 Å². The maximum atomic E-state index is 5.99. The topological polar surface area (TPSA) is 41.0 Å². The molecule has 0 atom stereocenters. The second-order valence-electron chi connectivity index (χ2n) is 4.85. The quantitative estimate of drug-likeness (QED) is 0.704. The predicted octanol–water partition coefficient (Wildman–Crippen LogP) is 0.380. The van der Waals surface area contributed by atoms with Gasteiger partial charge in [0.2, 0.25) is 0 Å². The van der Waals surface area contributed by atoms with Crippen LogP contribution < -0.4 is 20.4 Å². The number of likely N-dealkylation sites (N-methyl/N-ethyl adjacent to an activating group) is 1. The number of nitrogens with zero attached hydrogens (tertiary/aromatic N) is 1. The van der Waals surface area contributed by atoms with E-state index in [0.29, 0.717) is 15.9 Å². The second-order valence-corrected chi connectivity index (χ2v) is 5.70. The molecule has 1 heterocycles. The third-order valence-electron chi connectivity index (χ3n) is 3.29. The highest BCUT2D eigenvalue weighted by atomic mass is 35.5. The lowest BCUT2D eigenvalue weighted by molar-refractivity contribution is -0.884. The monoisotopic (exact) mass is 315 g/mol. The molecule has 1 aliphatic rings. The summed E-state index contributed by atoms with van der Waals surface area (Å²) in [6, 6.07) is 5.39. The summed E-state index contributed by atoms with van der Waals surface area (Å²) in [6.45, 7) is 4.16. The van der Waals surface area contributed by atoms with Crippen molar-refractivity contribution in [3.8, 4) is 5.75 Å². The lowest BCUT2D eigenvalue weighted by atomic mass is 10.3. The third kappa shape index (κ3) is 4.21. The van der Waals surface area contributed by atoms with Gasteiger partial charge in [-0.15, -0.1) is 0 Å². The van der Waals surface area contributed by atoms with E-state index in [1.165, 1.54) is 0 Å². The van der Waals surface area contributed by atoms with Crippen molar-refractivity contribution in [3.63, 3.8) is 0 Å². The largest absolute Gasteiger partial charge is 0.495 e. The number of quaternary nitrogens is 1. The molecular weight excluding hydrogens is 296 g/mol. The molecule has 7 heteroatoms. The van der Waals surface area contributed by atoms with Gasteiger partial charge in [0.15, 0.2) is 5.11 Å². The molecule has 20 heavy (non-hydrogen) atoms. The minimum atomic E-state index is 0.546. The Hall–Kier alpha value is -1.08. The van der Waals surface area contributed by atoms with Gasteiger partial charge >= 0.3 is 0 Å². The van der Waals surface area contributed by atoms with Crippen molar-refractivity contribution in [2.24, 2.45) is 0 Å². The fraction of sp³-hybridized carbons (Fsp3) is 0.462. The lowest BCUT2D eigenvalue weighted by Gasteiger charge is -2.31. The summed E-state index contributed by atoms with van der Waals surface area (Å²) < 4.78 is 5.28. The Morgan fingerprint density at radius 2 is 2.10 bits per heavy atom. The van der Waals surface area contributed by atoms with Gasteiger partial charge in [0, 0.05) is 5.02 Å². The molecule has 1 aromatic carbocycles. The Bertz CT molecular complexity index is 477. The van der Waals surface area contributed by atoms with Crippen molar-refractivity contribution in [2.75, 3.05) is 45.7 Å². The minimum Gasteiger partial charge on any atom is -0.495 e. The standard InChI is InChI=1S/C13H19ClN4OS/c1-17-5-7-18(8-6-17)16-13(20)15-11-9-10(14)3-4-12(11)19-2/h3-4,9H,5-8H2,1-2H3,(H2,15,16,20)/p+1. The summed E-state index contributed by atoms with van der Waals surface area (Å²) in [5.74, 6) is 0.710. The van der Waals surface area contributed by atoms with Crippen LogP contribution in [0.1, 0.15) is 0 Å². The molecule has 0 radical (unpaired) electrons. The van der Waals surface area contributed by atoms with Crippen LogP contribution in [-0.2, 0) is 0 Å². The van der Waals surface area contributed by atoms with Crippen molar-refractivity contribution in [3.05, 3.63) is 23.2 Å². The molecule has 0 aromatic heterocycles. The number of hydrazine groups is 1. The van der Waals surface area contributed by atoms with Crippen LogP contribution >= 0.6 is 23.8 Å². The van der Waals surface area contributed by atoms with E-state index < -0.39 is 0 Å². The van der Waals surface area contributed by atoms with E-state index in [0.717, 1.165) is 31.9 Å². The molecule has 1 aliphatic heterocycles. The van der Waals surface area contributed by atoms with E-state index in [-0.39, 0.29) is 0 Å². The SMILES string of the molecule is COc1ccc(Cl)cc1NC(=S)NN1CC[NH+](C)CC1. The normalized spacial score (nSPS) is 16.8. The number of halogens is 1. The number of nitrogens with one attached hydrogen (secondary N) is 3. The molecule has 3 N–H and O–H groups in total. The first-order chi connectivity index (χ1) is 9.58.